The van der Waals surface area contributed by atoms with Gasteiger partial charge in [0.1, 0.15) is 0 Å². The number of aromatic amines is 1. The summed E-state index contributed by atoms with van der Waals surface area (Å²) in [6, 6.07) is 7.35. The van der Waals surface area contributed by atoms with Crippen LogP contribution in [0.2, 0.25) is 0 Å². The summed E-state index contributed by atoms with van der Waals surface area (Å²) in [7, 11) is 0. The molecule has 7 heteroatoms. The third kappa shape index (κ3) is 2.60. The van der Waals surface area contributed by atoms with Crippen LogP contribution in [0.15, 0.2) is 29.1 Å². The normalized spacial score (nSPS) is 16.4. The first-order valence-corrected chi connectivity index (χ1v) is 6.94. The van der Waals surface area contributed by atoms with Gasteiger partial charge >= 0.3 is 0 Å². The fourth-order valence-electron chi connectivity index (χ4n) is 2.24. The van der Waals surface area contributed by atoms with E-state index in [1.165, 1.54) is 4.68 Å². The number of para-hydroxylation sites is 1. The summed E-state index contributed by atoms with van der Waals surface area (Å²) in [4.78, 5) is 17.6. The van der Waals surface area contributed by atoms with E-state index in [0.717, 1.165) is 31.8 Å². The molecule has 0 atom stereocenters. The second-order valence-corrected chi connectivity index (χ2v) is 5.05. The van der Waals surface area contributed by atoms with Gasteiger partial charge in [0.15, 0.2) is 4.77 Å². The number of nitrogens with one attached hydrogen (secondary N) is 2. The molecule has 106 valence electrons. The zero-order valence-electron chi connectivity index (χ0n) is 11.0. The standard InChI is InChI=1S/C13H16N4O2S/c18-12-10-3-1-2-4-11(10)15-13(20)17(12)14-9-16-5-7-19-8-6-16/h1-4,14H,5-9H2,(H,15,20). The van der Waals surface area contributed by atoms with E-state index in [1.54, 1.807) is 6.07 Å². The highest BCUT2D eigenvalue weighted by Crippen LogP contribution is 2.05. The first-order chi connectivity index (χ1) is 9.75. The fraction of sp³-hybridized carbons (Fsp3) is 0.385. The minimum Gasteiger partial charge on any atom is -0.379 e. The Morgan fingerprint density at radius 3 is 2.85 bits per heavy atom. The van der Waals surface area contributed by atoms with E-state index in [1.807, 2.05) is 18.2 Å². The molecule has 0 radical (unpaired) electrons. The van der Waals surface area contributed by atoms with Gasteiger partial charge in [-0.1, -0.05) is 12.1 Å². The van der Waals surface area contributed by atoms with Crippen molar-refractivity contribution in [2.45, 2.75) is 0 Å². The van der Waals surface area contributed by atoms with Gasteiger partial charge in [0.05, 0.1) is 30.8 Å². The van der Waals surface area contributed by atoms with Crippen molar-refractivity contribution in [3.05, 3.63) is 39.4 Å². The van der Waals surface area contributed by atoms with Gasteiger partial charge in [-0.3, -0.25) is 9.69 Å². The summed E-state index contributed by atoms with van der Waals surface area (Å²) in [5.74, 6) is 0. The highest BCUT2D eigenvalue weighted by molar-refractivity contribution is 7.71. The van der Waals surface area contributed by atoms with Gasteiger partial charge in [0.25, 0.3) is 5.56 Å². The zero-order chi connectivity index (χ0) is 13.9. The van der Waals surface area contributed by atoms with Crippen LogP contribution < -0.4 is 11.0 Å². The number of hydrogen-bond acceptors (Lipinski definition) is 5. The van der Waals surface area contributed by atoms with E-state index in [4.69, 9.17) is 17.0 Å². The number of hydrogen-bond donors (Lipinski definition) is 2. The van der Waals surface area contributed by atoms with Gasteiger partial charge in [-0.2, -0.15) is 4.68 Å². The number of benzene rings is 1. The highest BCUT2D eigenvalue weighted by atomic mass is 32.1. The Morgan fingerprint density at radius 2 is 2.05 bits per heavy atom. The molecule has 2 heterocycles. The van der Waals surface area contributed by atoms with Crippen molar-refractivity contribution in [3.8, 4) is 0 Å². The van der Waals surface area contributed by atoms with Crippen molar-refractivity contribution in [3.63, 3.8) is 0 Å². The number of nitrogens with zero attached hydrogens (tertiary/aromatic N) is 2. The second-order valence-electron chi connectivity index (χ2n) is 4.66. The Balaban J connectivity index is 1.87. The average Bonchev–Trinajstić information content (AvgIpc) is 2.48. The van der Waals surface area contributed by atoms with E-state index < -0.39 is 0 Å². The number of fused-ring (bicyclic) bond motifs is 1. The summed E-state index contributed by atoms with van der Waals surface area (Å²) < 4.78 is 7.06. The summed E-state index contributed by atoms with van der Waals surface area (Å²) in [5, 5.41) is 0.621. The zero-order valence-corrected chi connectivity index (χ0v) is 11.8. The number of ether oxygens (including phenoxy) is 1. The molecule has 1 aromatic carbocycles. The summed E-state index contributed by atoms with van der Waals surface area (Å²) in [6.07, 6.45) is 0. The predicted octanol–water partition coefficient (Wildman–Crippen LogP) is 0.892. The van der Waals surface area contributed by atoms with Crippen molar-refractivity contribution in [1.82, 2.24) is 14.6 Å². The first kappa shape index (κ1) is 13.3. The molecule has 6 nitrogen and oxygen atoms in total. The molecule has 0 aliphatic carbocycles. The molecule has 1 fully saturated rings. The van der Waals surface area contributed by atoms with Crippen molar-refractivity contribution in [1.29, 1.82) is 0 Å². The Hall–Kier alpha value is -1.70. The van der Waals surface area contributed by atoms with Crippen LogP contribution in [0, 0.1) is 4.77 Å². The van der Waals surface area contributed by atoms with Crippen LogP contribution in [0.3, 0.4) is 0 Å². The monoisotopic (exact) mass is 292 g/mol. The van der Waals surface area contributed by atoms with Gasteiger partial charge in [0.2, 0.25) is 0 Å². The van der Waals surface area contributed by atoms with Gasteiger partial charge in [-0.15, -0.1) is 0 Å². The molecule has 1 aliphatic rings. The van der Waals surface area contributed by atoms with Crippen LogP contribution in [0.5, 0.6) is 0 Å². The van der Waals surface area contributed by atoms with Crippen molar-refractivity contribution in [2.24, 2.45) is 0 Å². The van der Waals surface area contributed by atoms with E-state index >= 15 is 0 Å². The smallest absolute Gasteiger partial charge is 0.280 e. The number of H-pyrrole nitrogens is 1. The molecule has 1 saturated heterocycles. The Morgan fingerprint density at radius 1 is 1.30 bits per heavy atom. The van der Waals surface area contributed by atoms with Crippen LogP contribution in [0.25, 0.3) is 10.9 Å². The quantitative estimate of drug-likeness (QED) is 0.823. The van der Waals surface area contributed by atoms with Crippen LogP contribution in [0.4, 0.5) is 0 Å². The van der Waals surface area contributed by atoms with Crippen LogP contribution in [-0.4, -0.2) is 47.5 Å². The van der Waals surface area contributed by atoms with Crippen molar-refractivity contribution < 1.29 is 4.74 Å². The molecule has 2 N–H and O–H groups in total. The van der Waals surface area contributed by atoms with E-state index in [-0.39, 0.29) is 5.56 Å². The molecule has 0 spiro atoms. The average molecular weight is 292 g/mol. The molecule has 0 bridgehead atoms. The van der Waals surface area contributed by atoms with Crippen LogP contribution >= 0.6 is 12.2 Å². The first-order valence-electron chi connectivity index (χ1n) is 6.54. The molecule has 20 heavy (non-hydrogen) atoms. The van der Waals surface area contributed by atoms with E-state index in [9.17, 15) is 4.79 Å². The third-order valence-corrected chi connectivity index (χ3v) is 3.65. The van der Waals surface area contributed by atoms with Crippen LogP contribution in [0.1, 0.15) is 0 Å². The summed E-state index contributed by atoms with van der Waals surface area (Å²) >= 11 is 5.24. The third-order valence-electron chi connectivity index (χ3n) is 3.36. The Bertz CT molecular complexity index is 718. The lowest BCUT2D eigenvalue weighted by molar-refractivity contribution is 0.0400. The molecule has 0 unspecified atom stereocenters. The summed E-state index contributed by atoms with van der Waals surface area (Å²) in [5.41, 5.74) is 3.71. The fourth-order valence-corrected chi connectivity index (χ4v) is 2.49. The van der Waals surface area contributed by atoms with Crippen LogP contribution in [-0.2, 0) is 4.74 Å². The maximum absolute atomic E-state index is 12.4. The number of aromatic nitrogens is 2. The van der Waals surface area contributed by atoms with Gasteiger partial charge in [0, 0.05) is 13.1 Å². The van der Waals surface area contributed by atoms with Gasteiger partial charge in [-0.05, 0) is 24.4 Å². The Labute approximate surface area is 120 Å². The second kappa shape index (κ2) is 5.74. The number of morpholine rings is 1. The molecule has 2 aromatic rings. The summed E-state index contributed by atoms with van der Waals surface area (Å²) in [6.45, 7) is 3.72. The van der Waals surface area contributed by atoms with Crippen molar-refractivity contribution in [2.75, 3.05) is 38.4 Å². The molecule has 3 rings (SSSR count). The van der Waals surface area contributed by atoms with Crippen molar-refractivity contribution >= 4 is 23.1 Å². The predicted molar refractivity (Wildman–Crippen MR) is 80.0 cm³/mol. The number of rotatable bonds is 3. The lowest BCUT2D eigenvalue weighted by Crippen LogP contribution is -2.43. The molecular formula is C13H16N4O2S. The SMILES string of the molecule is O=c1c2ccccc2[nH]c(=S)n1NCN1CCOCC1. The maximum atomic E-state index is 12.4. The lowest BCUT2D eigenvalue weighted by Gasteiger charge is -2.27. The maximum Gasteiger partial charge on any atom is 0.280 e. The van der Waals surface area contributed by atoms with Gasteiger partial charge < -0.3 is 15.1 Å². The van der Waals surface area contributed by atoms with E-state index in [2.05, 4.69) is 15.3 Å². The Kier molecular flexibility index (Phi) is 3.81. The van der Waals surface area contributed by atoms with E-state index in [0.29, 0.717) is 16.8 Å². The minimum absolute atomic E-state index is 0.127. The molecule has 1 aliphatic heterocycles. The lowest BCUT2D eigenvalue weighted by atomic mass is 10.2. The molecule has 1 aromatic heterocycles. The highest BCUT2D eigenvalue weighted by Gasteiger charge is 2.11. The largest absolute Gasteiger partial charge is 0.379 e. The minimum atomic E-state index is -0.127. The van der Waals surface area contributed by atoms with Gasteiger partial charge in [-0.25, -0.2) is 0 Å². The molecule has 0 saturated carbocycles. The molecular weight excluding hydrogens is 276 g/mol. The molecule has 0 amide bonds. The topological polar surface area (TPSA) is 62.3 Å².